The molecule has 168 valence electrons. The van der Waals surface area contributed by atoms with Crippen molar-refractivity contribution in [1.82, 2.24) is 30.1 Å². The normalized spacial score (nSPS) is 11.3. The summed E-state index contributed by atoms with van der Waals surface area (Å²) in [5, 5.41) is 16.3. The van der Waals surface area contributed by atoms with Crippen LogP contribution in [0, 0.1) is 0 Å². The van der Waals surface area contributed by atoms with E-state index >= 15 is 0 Å². The summed E-state index contributed by atoms with van der Waals surface area (Å²) in [6.07, 6.45) is 6.15. The van der Waals surface area contributed by atoms with Gasteiger partial charge < -0.3 is 21.4 Å². The van der Waals surface area contributed by atoms with Crippen molar-refractivity contribution in [2.75, 3.05) is 22.9 Å². The summed E-state index contributed by atoms with van der Waals surface area (Å²) >= 11 is 1.76. The molecule has 34 heavy (non-hydrogen) atoms. The number of imidazole rings is 1. The molecule has 0 bridgehead atoms. The van der Waals surface area contributed by atoms with Gasteiger partial charge in [-0.05, 0) is 29.7 Å². The van der Waals surface area contributed by atoms with Gasteiger partial charge in [-0.1, -0.05) is 18.2 Å². The number of anilines is 4. The van der Waals surface area contributed by atoms with E-state index in [0.717, 1.165) is 34.3 Å². The summed E-state index contributed by atoms with van der Waals surface area (Å²) in [6.45, 7) is 0.678. The van der Waals surface area contributed by atoms with Crippen molar-refractivity contribution >= 4 is 55.6 Å². The fourth-order valence-electron chi connectivity index (χ4n) is 3.95. The molecule has 0 spiro atoms. The Kier molecular flexibility index (Phi) is 5.04. The van der Waals surface area contributed by atoms with Crippen LogP contribution in [0.1, 0.15) is 5.69 Å². The number of nitrogens with zero attached hydrogens (tertiary/aromatic N) is 4. The van der Waals surface area contributed by atoms with Crippen molar-refractivity contribution in [3.05, 3.63) is 72.9 Å². The van der Waals surface area contributed by atoms with E-state index in [1.807, 2.05) is 24.5 Å². The number of H-pyrrole nitrogens is 2. The molecule has 2 aromatic carbocycles. The number of rotatable bonds is 7. The lowest BCUT2D eigenvalue weighted by atomic mass is 10.1. The van der Waals surface area contributed by atoms with Crippen molar-refractivity contribution in [1.29, 1.82) is 0 Å². The maximum absolute atomic E-state index is 5.98. The third kappa shape index (κ3) is 4.02. The zero-order chi connectivity index (χ0) is 22.9. The molecule has 0 atom stereocenters. The number of thiophene rings is 1. The maximum atomic E-state index is 5.98. The van der Waals surface area contributed by atoms with Gasteiger partial charge in [-0.15, -0.1) is 11.3 Å². The molecule has 0 fully saturated rings. The van der Waals surface area contributed by atoms with Crippen LogP contribution in [0.25, 0.3) is 31.4 Å². The predicted octanol–water partition coefficient (Wildman–Crippen LogP) is 4.94. The van der Waals surface area contributed by atoms with E-state index in [0.29, 0.717) is 18.2 Å². The first kappa shape index (κ1) is 20.2. The minimum absolute atomic E-state index is 0.196. The fraction of sp³-hybridized carbons (Fsp3) is 0.0833. The zero-order valence-corrected chi connectivity index (χ0v) is 18.9. The SMILES string of the molecule is Nc1nc(NCCc2c[nH]cn2)cc(Nc2cc(-c3cc4ccccc4s3)c3[nH]ncc3c2)n1. The number of hydrogen-bond acceptors (Lipinski definition) is 8. The van der Waals surface area contributed by atoms with Crippen LogP contribution in [0.15, 0.2) is 67.3 Å². The molecule has 4 aromatic heterocycles. The summed E-state index contributed by atoms with van der Waals surface area (Å²) in [6, 6.07) is 16.6. The second-order valence-electron chi connectivity index (χ2n) is 7.87. The first-order valence-corrected chi connectivity index (χ1v) is 11.6. The molecule has 0 saturated carbocycles. The average molecular weight is 468 g/mol. The Morgan fingerprint density at radius 2 is 1.91 bits per heavy atom. The van der Waals surface area contributed by atoms with E-state index in [9.17, 15) is 0 Å². The number of hydrogen-bond donors (Lipinski definition) is 5. The van der Waals surface area contributed by atoms with Crippen LogP contribution in [0.4, 0.5) is 23.3 Å². The second-order valence-corrected chi connectivity index (χ2v) is 8.95. The molecule has 10 heteroatoms. The van der Waals surface area contributed by atoms with Gasteiger partial charge in [-0.25, -0.2) is 4.98 Å². The number of fused-ring (bicyclic) bond motifs is 2. The number of aromatic nitrogens is 6. The first-order valence-electron chi connectivity index (χ1n) is 10.8. The maximum Gasteiger partial charge on any atom is 0.223 e. The monoisotopic (exact) mass is 467 g/mol. The van der Waals surface area contributed by atoms with Gasteiger partial charge in [-0.3, -0.25) is 5.10 Å². The van der Waals surface area contributed by atoms with Gasteiger partial charge in [0.15, 0.2) is 0 Å². The fourth-order valence-corrected chi connectivity index (χ4v) is 5.04. The quantitative estimate of drug-likeness (QED) is 0.225. The standard InChI is InChI=1S/C24H21N9S/c25-24-31-21(27-6-5-16-12-26-13-28-16)10-22(32-24)30-17-7-15-11-29-33-23(15)18(9-17)20-8-14-3-1-2-4-19(14)34-20/h1-4,7-13H,5-6H2,(H,26,28)(H,29,33)(H4,25,27,30,31,32). The third-order valence-corrected chi connectivity index (χ3v) is 6.65. The lowest BCUT2D eigenvalue weighted by molar-refractivity contribution is 0.966. The average Bonchev–Trinajstić information content (AvgIpc) is 3.58. The van der Waals surface area contributed by atoms with Crippen molar-refractivity contribution in [3.8, 4) is 10.4 Å². The van der Waals surface area contributed by atoms with Crippen LogP contribution in [-0.2, 0) is 6.42 Å². The molecule has 6 rings (SSSR count). The number of nitrogens with one attached hydrogen (secondary N) is 4. The highest BCUT2D eigenvalue weighted by molar-refractivity contribution is 7.22. The third-order valence-electron chi connectivity index (χ3n) is 5.50. The first-order chi connectivity index (χ1) is 16.7. The van der Waals surface area contributed by atoms with E-state index in [-0.39, 0.29) is 5.95 Å². The highest BCUT2D eigenvalue weighted by Crippen LogP contribution is 2.38. The minimum Gasteiger partial charge on any atom is -0.369 e. The molecule has 0 radical (unpaired) electrons. The van der Waals surface area contributed by atoms with Crippen molar-refractivity contribution in [2.45, 2.75) is 6.42 Å². The predicted molar refractivity (Wildman–Crippen MR) is 137 cm³/mol. The Morgan fingerprint density at radius 3 is 2.79 bits per heavy atom. The van der Waals surface area contributed by atoms with Gasteiger partial charge in [0.25, 0.3) is 0 Å². The molecule has 0 unspecified atom stereocenters. The van der Waals surface area contributed by atoms with E-state index in [2.05, 4.69) is 77.2 Å². The summed E-state index contributed by atoms with van der Waals surface area (Å²) < 4.78 is 1.25. The van der Waals surface area contributed by atoms with Crippen LogP contribution in [-0.4, -0.2) is 36.7 Å². The molecule has 0 amide bonds. The summed E-state index contributed by atoms with van der Waals surface area (Å²) in [5.74, 6) is 1.46. The number of benzene rings is 2. The molecular formula is C24H21N9S. The summed E-state index contributed by atoms with van der Waals surface area (Å²) in [7, 11) is 0. The van der Waals surface area contributed by atoms with Gasteiger partial charge in [0.05, 0.1) is 23.7 Å². The lowest BCUT2D eigenvalue weighted by Crippen LogP contribution is -2.09. The number of nitrogen functional groups attached to an aromatic ring is 1. The van der Waals surface area contributed by atoms with Crippen LogP contribution in [0.5, 0.6) is 0 Å². The minimum atomic E-state index is 0.196. The lowest BCUT2D eigenvalue weighted by Gasteiger charge is -2.11. The van der Waals surface area contributed by atoms with E-state index in [4.69, 9.17) is 5.73 Å². The van der Waals surface area contributed by atoms with E-state index < -0.39 is 0 Å². The summed E-state index contributed by atoms with van der Waals surface area (Å²) in [4.78, 5) is 17.0. The second kappa shape index (κ2) is 8.49. The van der Waals surface area contributed by atoms with Crippen LogP contribution < -0.4 is 16.4 Å². The number of aromatic amines is 2. The Labute approximate surface area is 198 Å². The van der Waals surface area contributed by atoms with Gasteiger partial charge >= 0.3 is 0 Å². The molecular weight excluding hydrogens is 446 g/mol. The van der Waals surface area contributed by atoms with E-state index in [1.165, 1.54) is 15.0 Å². The molecule has 6 aromatic rings. The van der Waals surface area contributed by atoms with Crippen LogP contribution >= 0.6 is 11.3 Å². The molecule has 6 N–H and O–H groups in total. The number of nitrogens with two attached hydrogens (primary N) is 1. The van der Waals surface area contributed by atoms with Crippen molar-refractivity contribution in [2.24, 2.45) is 0 Å². The molecule has 0 saturated heterocycles. The molecule has 9 nitrogen and oxygen atoms in total. The van der Waals surface area contributed by atoms with Crippen molar-refractivity contribution in [3.63, 3.8) is 0 Å². The Morgan fingerprint density at radius 1 is 1.00 bits per heavy atom. The Hall–Kier alpha value is -4.44. The molecule has 4 heterocycles. The Balaban J connectivity index is 1.29. The summed E-state index contributed by atoms with van der Waals surface area (Å²) in [5.41, 5.74) is 9.94. The van der Waals surface area contributed by atoms with Gasteiger partial charge in [0, 0.05) is 51.4 Å². The van der Waals surface area contributed by atoms with E-state index in [1.54, 1.807) is 17.7 Å². The van der Waals surface area contributed by atoms with Crippen LogP contribution in [0.2, 0.25) is 0 Å². The molecule has 0 aliphatic heterocycles. The highest BCUT2D eigenvalue weighted by Gasteiger charge is 2.12. The van der Waals surface area contributed by atoms with Gasteiger partial charge in [-0.2, -0.15) is 15.1 Å². The molecule has 0 aliphatic carbocycles. The van der Waals surface area contributed by atoms with Gasteiger partial charge in [0.1, 0.15) is 11.6 Å². The topological polar surface area (TPSA) is 133 Å². The largest absolute Gasteiger partial charge is 0.369 e. The van der Waals surface area contributed by atoms with Gasteiger partial charge in [0.2, 0.25) is 5.95 Å². The Bertz CT molecular complexity index is 1550. The van der Waals surface area contributed by atoms with Crippen LogP contribution in [0.3, 0.4) is 0 Å². The molecule has 0 aliphatic rings. The smallest absolute Gasteiger partial charge is 0.223 e. The zero-order valence-electron chi connectivity index (χ0n) is 18.0. The highest BCUT2D eigenvalue weighted by atomic mass is 32.1. The van der Waals surface area contributed by atoms with Crippen molar-refractivity contribution < 1.29 is 0 Å².